The van der Waals surface area contributed by atoms with Crippen molar-refractivity contribution in [2.75, 3.05) is 10.6 Å². The van der Waals surface area contributed by atoms with Gasteiger partial charge in [0.1, 0.15) is 11.4 Å². The lowest BCUT2D eigenvalue weighted by Crippen LogP contribution is -2.36. The highest BCUT2D eigenvalue weighted by atomic mass is 19.4. The Morgan fingerprint density at radius 1 is 1.13 bits per heavy atom. The number of hydrogen-bond acceptors (Lipinski definition) is 3. The maximum atomic E-state index is 13.8. The van der Waals surface area contributed by atoms with Crippen LogP contribution in [0, 0.1) is 20.8 Å². The molecule has 0 aliphatic carbocycles. The first-order valence-electron chi connectivity index (χ1n) is 10.00. The highest BCUT2D eigenvalue weighted by molar-refractivity contribution is 6.08. The Morgan fingerprint density at radius 3 is 2.52 bits per heavy atom. The van der Waals surface area contributed by atoms with Gasteiger partial charge in [0.25, 0.3) is 5.91 Å². The number of nitrogens with one attached hydrogen (secondary N) is 2. The maximum Gasteiger partial charge on any atom is 0.410 e. The minimum absolute atomic E-state index is 0.0713. The second-order valence-electron chi connectivity index (χ2n) is 7.95. The molecule has 31 heavy (non-hydrogen) atoms. The van der Waals surface area contributed by atoms with Crippen molar-refractivity contribution in [1.82, 2.24) is 9.78 Å². The lowest BCUT2D eigenvalue weighted by atomic mass is 9.96. The molecular weight excluding hydrogens is 405 g/mol. The Hall–Kier alpha value is -3.29. The van der Waals surface area contributed by atoms with Crippen LogP contribution in [-0.4, -0.2) is 21.9 Å². The number of alkyl halides is 3. The quantitative estimate of drug-likeness (QED) is 0.561. The molecule has 2 heterocycles. The number of nitrogens with zero attached hydrogens (tertiary/aromatic N) is 2. The lowest BCUT2D eigenvalue weighted by Gasteiger charge is -2.34. The number of benzene rings is 2. The molecule has 4 rings (SSSR count). The van der Waals surface area contributed by atoms with Gasteiger partial charge in [0.05, 0.1) is 12.2 Å². The van der Waals surface area contributed by atoms with Crippen LogP contribution in [0.5, 0.6) is 0 Å². The Morgan fingerprint density at radius 2 is 1.84 bits per heavy atom. The van der Waals surface area contributed by atoms with Gasteiger partial charge in [0.2, 0.25) is 0 Å². The standard InChI is InChI=1S/C23H23F3N4O/c1-13-7-9-16(10-8-13)19-11-20(23(24,25)26)30-21(28-19)17(12-27-30)22(31)29-18-6-4-5-14(2)15(18)3/h4-10,12,19-20,28H,11H2,1-3H3,(H,29,31)/t19-,20+/m1/s1. The summed E-state index contributed by atoms with van der Waals surface area (Å²) in [5, 5.41) is 9.84. The van der Waals surface area contributed by atoms with Crippen LogP contribution in [0.1, 0.15) is 51.1 Å². The Bertz CT molecular complexity index is 1120. The van der Waals surface area contributed by atoms with Gasteiger partial charge in [-0.05, 0) is 43.5 Å². The molecule has 1 aromatic heterocycles. The van der Waals surface area contributed by atoms with Gasteiger partial charge in [0.15, 0.2) is 6.04 Å². The van der Waals surface area contributed by atoms with E-state index in [1.54, 1.807) is 6.07 Å². The van der Waals surface area contributed by atoms with Crippen molar-refractivity contribution in [3.8, 4) is 0 Å². The summed E-state index contributed by atoms with van der Waals surface area (Å²) in [6, 6.07) is 10.4. The molecule has 0 spiro atoms. The lowest BCUT2D eigenvalue weighted by molar-refractivity contribution is -0.173. The largest absolute Gasteiger partial charge is 0.410 e. The molecular formula is C23H23F3N4O. The van der Waals surface area contributed by atoms with Gasteiger partial charge in [-0.15, -0.1) is 0 Å². The minimum atomic E-state index is -4.49. The number of amides is 1. The van der Waals surface area contributed by atoms with Gasteiger partial charge in [-0.2, -0.15) is 18.3 Å². The molecule has 2 N–H and O–H groups in total. The van der Waals surface area contributed by atoms with Crippen molar-refractivity contribution >= 4 is 17.4 Å². The molecule has 0 unspecified atom stereocenters. The van der Waals surface area contributed by atoms with Crippen LogP contribution < -0.4 is 10.6 Å². The molecule has 0 saturated carbocycles. The summed E-state index contributed by atoms with van der Waals surface area (Å²) in [5.74, 6) is -0.435. The van der Waals surface area contributed by atoms with E-state index in [2.05, 4.69) is 15.7 Å². The molecule has 1 aliphatic heterocycles. The summed E-state index contributed by atoms with van der Waals surface area (Å²) >= 11 is 0. The van der Waals surface area contributed by atoms with E-state index in [0.29, 0.717) is 5.69 Å². The molecule has 0 bridgehead atoms. The van der Waals surface area contributed by atoms with Gasteiger partial charge in [-0.25, -0.2) is 4.68 Å². The topological polar surface area (TPSA) is 59.0 Å². The fraction of sp³-hybridized carbons (Fsp3) is 0.304. The van der Waals surface area contributed by atoms with Gasteiger partial charge >= 0.3 is 6.18 Å². The zero-order valence-electron chi connectivity index (χ0n) is 17.4. The summed E-state index contributed by atoms with van der Waals surface area (Å²) in [6.45, 7) is 5.72. The summed E-state index contributed by atoms with van der Waals surface area (Å²) in [4.78, 5) is 13.0. The molecule has 5 nitrogen and oxygen atoms in total. The first-order chi connectivity index (χ1) is 14.6. The number of aryl methyl sites for hydroxylation is 2. The molecule has 1 aliphatic rings. The molecule has 3 aromatic rings. The number of carbonyl (C=O) groups is 1. The van der Waals surface area contributed by atoms with Crippen LogP contribution in [0.15, 0.2) is 48.7 Å². The van der Waals surface area contributed by atoms with Crippen molar-refractivity contribution in [1.29, 1.82) is 0 Å². The summed E-state index contributed by atoms with van der Waals surface area (Å²) in [5.41, 5.74) is 4.34. The van der Waals surface area contributed by atoms with E-state index in [4.69, 9.17) is 0 Å². The van der Waals surface area contributed by atoms with Crippen LogP contribution >= 0.6 is 0 Å². The van der Waals surface area contributed by atoms with Crippen LogP contribution in [-0.2, 0) is 0 Å². The average molecular weight is 428 g/mol. The van der Waals surface area contributed by atoms with E-state index in [0.717, 1.165) is 26.9 Å². The predicted molar refractivity (Wildman–Crippen MR) is 113 cm³/mol. The summed E-state index contributed by atoms with van der Waals surface area (Å²) < 4.78 is 42.4. The van der Waals surface area contributed by atoms with Gasteiger partial charge < -0.3 is 10.6 Å². The molecule has 1 amide bonds. The zero-order valence-corrected chi connectivity index (χ0v) is 17.4. The van der Waals surface area contributed by atoms with Crippen LogP contribution in [0.25, 0.3) is 0 Å². The van der Waals surface area contributed by atoms with E-state index in [-0.39, 0.29) is 17.8 Å². The van der Waals surface area contributed by atoms with E-state index >= 15 is 0 Å². The Labute approximate surface area is 178 Å². The fourth-order valence-electron chi connectivity index (χ4n) is 3.82. The van der Waals surface area contributed by atoms with Crippen molar-refractivity contribution in [2.45, 2.75) is 45.5 Å². The number of anilines is 2. The zero-order chi connectivity index (χ0) is 22.3. The third kappa shape index (κ3) is 4.02. The normalized spacial score (nSPS) is 18.3. The van der Waals surface area contributed by atoms with Gasteiger partial charge in [-0.3, -0.25) is 4.79 Å². The second kappa shape index (κ2) is 7.76. The van der Waals surface area contributed by atoms with Crippen molar-refractivity contribution in [3.63, 3.8) is 0 Å². The molecule has 0 radical (unpaired) electrons. The Balaban J connectivity index is 1.70. The number of aromatic nitrogens is 2. The third-order valence-electron chi connectivity index (χ3n) is 5.82. The van der Waals surface area contributed by atoms with E-state index in [1.165, 1.54) is 6.20 Å². The van der Waals surface area contributed by atoms with Gasteiger partial charge in [-0.1, -0.05) is 42.0 Å². The Kier molecular flexibility index (Phi) is 5.24. The van der Waals surface area contributed by atoms with Crippen molar-refractivity contribution in [2.24, 2.45) is 0 Å². The number of halogens is 3. The first kappa shape index (κ1) is 21.0. The number of fused-ring (bicyclic) bond motifs is 1. The SMILES string of the molecule is Cc1ccc([C@H]2C[C@@H](C(F)(F)F)n3ncc(C(=O)Nc4cccc(C)c4C)c3N2)cc1. The molecule has 8 heteroatoms. The van der Waals surface area contributed by atoms with Crippen molar-refractivity contribution < 1.29 is 18.0 Å². The molecule has 2 aromatic carbocycles. The number of hydrogen-bond donors (Lipinski definition) is 2. The van der Waals surface area contributed by atoms with Crippen LogP contribution in [0.3, 0.4) is 0 Å². The molecule has 162 valence electrons. The highest BCUT2D eigenvalue weighted by Crippen LogP contribution is 2.44. The number of rotatable bonds is 3. The maximum absolute atomic E-state index is 13.8. The van der Waals surface area contributed by atoms with E-state index in [9.17, 15) is 18.0 Å². The number of carbonyl (C=O) groups excluding carboxylic acids is 1. The van der Waals surface area contributed by atoms with Crippen molar-refractivity contribution in [3.05, 3.63) is 76.5 Å². The minimum Gasteiger partial charge on any atom is -0.363 e. The summed E-state index contributed by atoms with van der Waals surface area (Å²) in [6.07, 6.45) is -3.51. The fourth-order valence-corrected chi connectivity index (χ4v) is 3.82. The second-order valence-corrected chi connectivity index (χ2v) is 7.95. The average Bonchev–Trinajstić information content (AvgIpc) is 3.14. The monoisotopic (exact) mass is 428 g/mol. The highest BCUT2D eigenvalue weighted by Gasteiger charge is 2.47. The third-order valence-corrected chi connectivity index (χ3v) is 5.82. The first-order valence-corrected chi connectivity index (χ1v) is 10.00. The predicted octanol–water partition coefficient (Wildman–Crippen LogP) is 5.72. The van der Waals surface area contributed by atoms with Crippen LogP contribution in [0.2, 0.25) is 0 Å². The van der Waals surface area contributed by atoms with E-state index in [1.807, 2.05) is 57.2 Å². The van der Waals surface area contributed by atoms with Crippen LogP contribution in [0.4, 0.5) is 24.7 Å². The molecule has 0 saturated heterocycles. The molecule has 2 atom stereocenters. The van der Waals surface area contributed by atoms with Gasteiger partial charge in [0, 0.05) is 12.1 Å². The molecule has 0 fully saturated rings. The summed E-state index contributed by atoms with van der Waals surface area (Å²) in [7, 11) is 0. The van der Waals surface area contributed by atoms with E-state index < -0.39 is 24.2 Å². The smallest absolute Gasteiger partial charge is 0.363 e.